The molecular formula is C25H23ClN6O. The van der Waals surface area contributed by atoms with Gasteiger partial charge in [-0.1, -0.05) is 67.2 Å². The third kappa shape index (κ3) is 4.32. The molecule has 0 atom stereocenters. The van der Waals surface area contributed by atoms with E-state index in [-0.39, 0.29) is 17.2 Å². The summed E-state index contributed by atoms with van der Waals surface area (Å²) in [6.45, 7) is 6.03. The molecule has 4 aromatic rings. The smallest absolute Gasteiger partial charge is 0.246 e. The summed E-state index contributed by atoms with van der Waals surface area (Å²) >= 11 is 6.40. The second-order valence-electron chi connectivity index (χ2n) is 8.07. The summed E-state index contributed by atoms with van der Waals surface area (Å²) in [5, 5.41) is 0.170. The predicted octanol–water partition coefficient (Wildman–Crippen LogP) is 4.26. The molecule has 166 valence electrons. The zero-order valence-electron chi connectivity index (χ0n) is 18.0. The lowest BCUT2D eigenvalue weighted by atomic mass is 10.1. The van der Waals surface area contributed by atoms with Gasteiger partial charge in [-0.05, 0) is 28.8 Å². The van der Waals surface area contributed by atoms with E-state index in [0.717, 1.165) is 11.1 Å². The third-order valence-corrected chi connectivity index (χ3v) is 6.02. The van der Waals surface area contributed by atoms with E-state index in [1.165, 1.54) is 6.08 Å². The first kappa shape index (κ1) is 21.2. The lowest BCUT2D eigenvalue weighted by Gasteiger charge is -2.39. The maximum Gasteiger partial charge on any atom is 0.246 e. The Hall–Kier alpha value is -3.71. The van der Waals surface area contributed by atoms with Crippen LogP contribution in [0.5, 0.6) is 0 Å². The lowest BCUT2D eigenvalue weighted by Crippen LogP contribution is -2.50. The summed E-state index contributed by atoms with van der Waals surface area (Å²) in [4.78, 5) is 29.5. The van der Waals surface area contributed by atoms with E-state index in [9.17, 15) is 4.79 Å². The van der Waals surface area contributed by atoms with Gasteiger partial charge in [0.25, 0.3) is 0 Å². The van der Waals surface area contributed by atoms with Crippen molar-refractivity contribution >= 4 is 34.5 Å². The van der Waals surface area contributed by atoms with Crippen molar-refractivity contribution in [3.05, 3.63) is 96.1 Å². The van der Waals surface area contributed by atoms with Gasteiger partial charge in [-0.2, -0.15) is 9.97 Å². The first-order valence-electron chi connectivity index (χ1n) is 10.8. The number of nitrogens with zero attached hydrogens (tertiary/aromatic N) is 6. The summed E-state index contributed by atoms with van der Waals surface area (Å²) in [6, 6.07) is 20.6. The molecule has 5 rings (SSSR count). The quantitative estimate of drug-likeness (QED) is 0.306. The minimum atomic E-state index is -0.0686. The largest absolute Gasteiger partial charge is 0.346 e. The molecule has 1 aliphatic rings. The fraction of sp³-hybridized carbons (Fsp3) is 0.200. The zero-order valence-corrected chi connectivity index (χ0v) is 18.8. The normalized spacial score (nSPS) is 13.7. The first-order chi connectivity index (χ1) is 16.1. The number of benzene rings is 2. The Balaban J connectivity index is 1.52. The summed E-state index contributed by atoms with van der Waals surface area (Å²) in [5.41, 5.74) is 3.69. The van der Waals surface area contributed by atoms with E-state index < -0.39 is 0 Å². The standard InChI is InChI=1S/C25H23ClN6O/c1-2-21(33)30-15-20(16-30)32-17-27-22-23(28-25(26)29-24(22)32)31(13-18-9-5-3-6-10-18)14-19-11-7-4-8-12-19/h2-12,17,20H,1,13-16H2. The molecule has 0 N–H and O–H groups in total. The average Bonchev–Trinajstić information content (AvgIpc) is 3.21. The van der Waals surface area contributed by atoms with Crippen LogP contribution >= 0.6 is 11.6 Å². The van der Waals surface area contributed by atoms with E-state index in [0.29, 0.717) is 43.2 Å². The number of rotatable bonds is 7. The van der Waals surface area contributed by atoms with Crippen LogP contribution in [0.3, 0.4) is 0 Å². The fourth-order valence-corrected chi connectivity index (χ4v) is 4.28. The Bertz CT molecular complexity index is 1240. The van der Waals surface area contributed by atoms with Gasteiger partial charge in [0.05, 0.1) is 12.4 Å². The van der Waals surface area contributed by atoms with Crippen molar-refractivity contribution < 1.29 is 4.79 Å². The summed E-state index contributed by atoms with van der Waals surface area (Å²) < 4.78 is 1.99. The maximum absolute atomic E-state index is 11.8. The zero-order chi connectivity index (χ0) is 22.8. The Morgan fingerprint density at radius 2 is 1.64 bits per heavy atom. The van der Waals surface area contributed by atoms with Crippen LogP contribution in [0.25, 0.3) is 11.2 Å². The van der Waals surface area contributed by atoms with Crippen LogP contribution in [0.2, 0.25) is 5.28 Å². The number of fused-ring (bicyclic) bond motifs is 1. The number of carbonyl (C=O) groups is 1. The molecule has 0 spiro atoms. The van der Waals surface area contributed by atoms with Crippen molar-refractivity contribution in [3.8, 4) is 0 Å². The van der Waals surface area contributed by atoms with Crippen LogP contribution in [-0.4, -0.2) is 43.4 Å². The molecule has 1 fully saturated rings. The first-order valence-corrected chi connectivity index (χ1v) is 11.1. The van der Waals surface area contributed by atoms with E-state index in [1.807, 2.05) is 41.0 Å². The van der Waals surface area contributed by atoms with Crippen LogP contribution in [-0.2, 0) is 17.9 Å². The van der Waals surface area contributed by atoms with Gasteiger partial charge in [0.15, 0.2) is 17.0 Å². The number of halogens is 1. The van der Waals surface area contributed by atoms with Crippen LogP contribution < -0.4 is 4.90 Å². The summed E-state index contributed by atoms with van der Waals surface area (Å²) in [7, 11) is 0. The molecule has 2 aromatic heterocycles. The number of carbonyl (C=O) groups excluding carboxylic acids is 1. The number of anilines is 1. The van der Waals surface area contributed by atoms with Gasteiger partial charge < -0.3 is 14.4 Å². The van der Waals surface area contributed by atoms with Gasteiger partial charge in [0.2, 0.25) is 11.2 Å². The van der Waals surface area contributed by atoms with Gasteiger partial charge in [-0.15, -0.1) is 0 Å². The summed E-state index contributed by atoms with van der Waals surface area (Å²) in [6.07, 6.45) is 3.10. The molecule has 0 radical (unpaired) electrons. The molecule has 1 amide bonds. The molecule has 0 aliphatic carbocycles. The number of imidazole rings is 1. The highest BCUT2D eigenvalue weighted by molar-refractivity contribution is 6.28. The van der Waals surface area contributed by atoms with Crippen LogP contribution in [0.4, 0.5) is 5.82 Å². The van der Waals surface area contributed by atoms with Crippen LogP contribution in [0.1, 0.15) is 17.2 Å². The lowest BCUT2D eigenvalue weighted by molar-refractivity contribution is -0.131. The Morgan fingerprint density at radius 1 is 1.03 bits per heavy atom. The van der Waals surface area contributed by atoms with E-state index in [2.05, 4.69) is 50.7 Å². The van der Waals surface area contributed by atoms with Gasteiger partial charge in [-0.3, -0.25) is 4.79 Å². The van der Waals surface area contributed by atoms with Gasteiger partial charge in [0, 0.05) is 26.2 Å². The third-order valence-electron chi connectivity index (χ3n) is 5.85. The number of aromatic nitrogens is 4. The van der Waals surface area contributed by atoms with Crippen molar-refractivity contribution in [2.45, 2.75) is 19.1 Å². The Labute approximate surface area is 197 Å². The molecule has 33 heavy (non-hydrogen) atoms. The van der Waals surface area contributed by atoms with Crippen LogP contribution in [0.15, 0.2) is 79.6 Å². The van der Waals surface area contributed by atoms with Crippen molar-refractivity contribution in [1.29, 1.82) is 0 Å². The van der Waals surface area contributed by atoms with E-state index in [4.69, 9.17) is 11.6 Å². The fourth-order valence-electron chi connectivity index (χ4n) is 4.12. The second-order valence-corrected chi connectivity index (χ2v) is 8.41. The van der Waals surface area contributed by atoms with Crippen molar-refractivity contribution in [3.63, 3.8) is 0 Å². The molecule has 1 saturated heterocycles. The molecule has 8 heteroatoms. The number of likely N-dealkylation sites (tertiary alicyclic amines) is 1. The molecule has 7 nitrogen and oxygen atoms in total. The number of amides is 1. The number of hydrogen-bond acceptors (Lipinski definition) is 5. The minimum absolute atomic E-state index is 0.0686. The molecular weight excluding hydrogens is 436 g/mol. The average molecular weight is 459 g/mol. The van der Waals surface area contributed by atoms with E-state index in [1.54, 1.807) is 11.2 Å². The van der Waals surface area contributed by atoms with Gasteiger partial charge in [-0.25, -0.2) is 4.98 Å². The maximum atomic E-state index is 11.8. The predicted molar refractivity (Wildman–Crippen MR) is 129 cm³/mol. The van der Waals surface area contributed by atoms with E-state index >= 15 is 0 Å². The molecule has 2 aromatic carbocycles. The highest BCUT2D eigenvalue weighted by atomic mass is 35.5. The van der Waals surface area contributed by atoms with Crippen LogP contribution in [0, 0.1) is 0 Å². The topological polar surface area (TPSA) is 67.2 Å². The molecule has 0 bridgehead atoms. The SMILES string of the molecule is C=CC(=O)N1CC(n2cnc3c(N(Cc4ccccc4)Cc4ccccc4)nc(Cl)nc32)C1. The molecule has 0 saturated carbocycles. The Morgan fingerprint density at radius 3 is 2.21 bits per heavy atom. The van der Waals surface area contributed by atoms with Gasteiger partial charge in [0.1, 0.15) is 0 Å². The highest BCUT2D eigenvalue weighted by Gasteiger charge is 2.32. The molecule has 3 heterocycles. The minimum Gasteiger partial charge on any atom is -0.346 e. The molecule has 1 aliphatic heterocycles. The highest BCUT2D eigenvalue weighted by Crippen LogP contribution is 2.31. The van der Waals surface area contributed by atoms with Crippen molar-refractivity contribution in [2.24, 2.45) is 0 Å². The van der Waals surface area contributed by atoms with Crippen molar-refractivity contribution in [2.75, 3.05) is 18.0 Å². The Kier molecular flexibility index (Phi) is 5.79. The number of hydrogen-bond donors (Lipinski definition) is 0. The molecule has 0 unspecified atom stereocenters. The monoisotopic (exact) mass is 458 g/mol. The van der Waals surface area contributed by atoms with Gasteiger partial charge >= 0.3 is 0 Å². The second kappa shape index (κ2) is 9.03. The summed E-state index contributed by atoms with van der Waals surface area (Å²) in [5.74, 6) is 0.621. The van der Waals surface area contributed by atoms with Crippen molar-refractivity contribution in [1.82, 2.24) is 24.4 Å².